The number of carbonyl (C=O) groups excluding carboxylic acids is 1. The van der Waals surface area contributed by atoms with E-state index < -0.39 is 5.54 Å². The predicted octanol–water partition coefficient (Wildman–Crippen LogP) is 2.64. The molecule has 1 fully saturated rings. The van der Waals surface area contributed by atoms with Crippen LogP contribution in [-0.4, -0.2) is 34.9 Å². The Balaban J connectivity index is 2.02. The maximum Gasteiger partial charge on any atom is 0.326 e. The Morgan fingerprint density at radius 2 is 2.40 bits per heavy atom. The van der Waals surface area contributed by atoms with Gasteiger partial charge in [0.05, 0.1) is 11.6 Å². The van der Waals surface area contributed by atoms with E-state index in [-0.39, 0.29) is 5.97 Å². The van der Waals surface area contributed by atoms with Crippen molar-refractivity contribution in [3.05, 3.63) is 24.4 Å². The summed E-state index contributed by atoms with van der Waals surface area (Å²) >= 11 is 1.76. The predicted molar refractivity (Wildman–Crippen MR) is 80.8 cm³/mol. The van der Waals surface area contributed by atoms with Crippen LogP contribution in [0.25, 0.3) is 0 Å². The molecule has 1 heterocycles. The van der Waals surface area contributed by atoms with Crippen LogP contribution in [0.2, 0.25) is 0 Å². The van der Waals surface area contributed by atoms with E-state index in [1.165, 1.54) is 0 Å². The highest BCUT2D eigenvalue weighted by Gasteiger charge is 2.46. The minimum Gasteiger partial charge on any atom is -0.465 e. The molecule has 0 aliphatic heterocycles. The first-order valence-corrected chi connectivity index (χ1v) is 8.08. The van der Waals surface area contributed by atoms with Gasteiger partial charge in [-0.05, 0) is 44.9 Å². The van der Waals surface area contributed by atoms with Crippen molar-refractivity contribution in [2.45, 2.75) is 48.9 Å². The van der Waals surface area contributed by atoms with Crippen LogP contribution in [0.15, 0.2) is 29.4 Å². The quantitative estimate of drug-likeness (QED) is 0.817. The van der Waals surface area contributed by atoms with Crippen LogP contribution in [0, 0.1) is 0 Å². The summed E-state index contributed by atoms with van der Waals surface area (Å²) in [6.07, 6.45) is 4.46. The monoisotopic (exact) mass is 294 g/mol. The highest BCUT2D eigenvalue weighted by atomic mass is 32.2. The van der Waals surface area contributed by atoms with Crippen LogP contribution in [-0.2, 0) is 9.53 Å². The van der Waals surface area contributed by atoms with Crippen LogP contribution in [0.5, 0.6) is 0 Å². The molecule has 0 saturated heterocycles. The average molecular weight is 294 g/mol. The van der Waals surface area contributed by atoms with Crippen LogP contribution < -0.4 is 5.32 Å². The lowest BCUT2D eigenvalue weighted by Crippen LogP contribution is -2.51. The zero-order valence-corrected chi connectivity index (χ0v) is 12.9. The molecule has 0 bridgehead atoms. The third-order valence-corrected chi connectivity index (χ3v) is 4.79. The summed E-state index contributed by atoms with van der Waals surface area (Å²) in [4.78, 5) is 16.6. The van der Waals surface area contributed by atoms with Gasteiger partial charge in [-0.3, -0.25) is 4.79 Å². The van der Waals surface area contributed by atoms with Gasteiger partial charge in [0.25, 0.3) is 0 Å². The van der Waals surface area contributed by atoms with Crippen molar-refractivity contribution in [2.24, 2.45) is 0 Å². The van der Waals surface area contributed by atoms with Gasteiger partial charge in [-0.1, -0.05) is 13.0 Å². The van der Waals surface area contributed by atoms with Gasteiger partial charge >= 0.3 is 5.97 Å². The Labute approximate surface area is 124 Å². The minimum atomic E-state index is -0.503. The molecule has 2 rings (SSSR count). The van der Waals surface area contributed by atoms with Gasteiger partial charge in [0.15, 0.2) is 0 Å². The van der Waals surface area contributed by atoms with Gasteiger partial charge in [-0.2, -0.15) is 0 Å². The van der Waals surface area contributed by atoms with Gasteiger partial charge in [0.2, 0.25) is 0 Å². The van der Waals surface area contributed by atoms with E-state index in [9.17, 15) is 4.79 Å². The normalized spacial score (nSPS) is 25.6. The van der Waals surface area contributed by atoms with E-state index >= 15 is 0 Å². The van der Waals surface area contributed by atoms with Gasteiger partial charge in [0, 0.05) is 11.4 Å². The molecule has 0 amide bonds. The number of carbonyl (C=O) groups is 1. The fraction of sp³-hybridized carbons (Fsp3) is 0.600. The molecule has 0 spiro atoms. The molecule has 0 radical (unpaired) electrons. The first kappa shape index (κ1) is 15.3. The van der Waals surface area contributed by atoms with Crippen molar-refractivity contribution >= 4 is 17.7 Å². The molecule has 20 heavy (non-hydrogen) atoms. The molecule has 1 saturated carbocycles. The number of aromatic nitrogens is 1. The molecular formula is C15H22N2O2S. The zero-order chi connectivity index (χ0) is 14.4. The highest BCUT2D eigenvalue weighted by Crippen LogP contribution is 2.40. The summed E-state index contributed by atoms with van der Waals surface area (Å²) in [5.74, 6) is -0.106. The SMILES string of the molecule is CCNC1(C(=O)OCC)CCC(Sc2ccccn2)C1. The third-order valence-electron chi connectivity index (χ3n) is 3.58. The molecular weight excluding hydrogens is 272 g/mol. The Kier molecular flexibility index (Phi) is 5.43. The summed E-state index contributed by atoms with van der Waals surface area (Å²) in [5.41, 5.74) is -0.503. The van der Waals surface area contributed by atoms with Crippen molar-refractivity contribution in [1.29, 1.82) is 0 Å². The molecule has 1 aromatic rings. The molecule has 1 N–H and O–H groups in total. The fourth-order valence-electron chi connectivity index (χ4n) is 2.71. The molecule has 1 aromatic heterocycles. The molecule has 1 aliphatic rings. The highest BCUT2D eigenvalue weighted by molar-refractivity contribution is 7.99. The maximum atomic E-state index is 12.2. The van der Waals surface area contributed by atoms with Crippen molar-refractivity contribution in [1.82, 2.24) is 10.3 Å². The Bertz CT molecular complexity index is 441. The number of ether oxygens (including phenoxy) is 1. The number of rotatable bonds is 6. The van der Waals surface area contributed by atoms with Gasteiger partial charge in [-0.15, -0.1) is 11.8 Å². The number of hydrogen-bond donors (Lipinski definition) is 1. The molecule has 2 unspecified atom stereocenters. The number of pyridine rings is 1. The second-order valence-corrected chi connectivity index (χ2v) is 6.30. The first-order valence-electron chi connectivity index (χ1n) is 7.20. The van der Waals surface area contributed by atoms with E-state index in [0.717, 1.165) is 30.8 Å². The second-order valence-electron chi connectivity index (χ2n) is 4.98. The summed E-state index contributed by atoms with van der Waals surface area (Å²) in [6.45, 7) is 5.09. The van der Waals surface area contributed by atoms with Gasteiger partial charge in [0.1, 0.15) is 5.54 Å². The molecule has 0 aromatic carbocycles. The minimum absolute atomic E-state index is 0.106. The Morgan fingerprint density at radius 3 is 3.05 bits per heavy atom. The molecule has 110 valence electrons. The first-order chi connectivity index (χ1) is 9.70. The lowest BCUT2D eigenvalue weighted by atomic mass is 9.98. The zero-order valence-electron chi connectivity index (χ0n) is 12.1. The van der Waals surface area contributed by atoms with Crippen LogP contribution in [0.4, 0.5) is 0 Å². The van der Waals surface area contributed by atoms with Crippen molar-refractivity contribution in [2.75, 3.05) is 13.2 Å². The summed E-state index contributed by atoms with van der Waals surface area (Å²) in [7, 11) is 0. The number of thioether (sulfide) groups is 1. The lowest BCUT2D eigenvalue weighted by molar-refractivity contribution is -0.151. The molecule has 2 atom stereocenters. The molecule has 1 aliphatic carbocycles. The van der Waals surface area contributed by atoms with E-state index in [2.05, 4.69) is 10.3 Å². The van der Waals surface area contributed by atoms with Gasteiger partial charge < -0.3 is 10.1 Å². The summed E-state index contributed by atoms with van der Waals surface area (Å²) < 4.78 is 5.25. The largest absolute Gasteiger partial charge is 0.465 e. The fourth-order valence-corrected chi connectivity index (χ4v) is 3.94. The molecule has 4 nitrogen and oxygen atoms in total. The van der Waals surface area contributed by atoms with Gasteiger partial charge in [-0.25, -0.2) is 4.98 Å². The number of nitrogens with zero attached hydrogens (tertiary/aromatic N) is 1. The summed E-state index contributed by atoms with van der Waals surface area (Å²) in [6, 6.07) is 5.93. The van der Waals surface area contributed by atoms with Crippen LogP contribution in [0.1, 0.15) is 33.1 Å². The number of esters is 1. The smallest absolute Gasteiger partial charge is 0.326 e. The molecule has 5 heteroatoms. The average Bonchev–Trinajstić information content (AvgIpc) is 2.85. The third kappa shape index (κ3) is 3.52. The summed E-state index contributed by atoms with van der Waals surface area (Å²) in [5, 5.41) is 4.78. The lowest BCUT2D eigenvalue weighted by Gasteiger charge is -2.27. The van der Waals surface area contributed by atoms with E-state index in [1.807, 2.05) is 32.0 Å². The number of nitrogens with one attached hydrogen (secondary N) is 1. The standard InChI is InChI=1S/C15H22N2O2S/c1-3-17-15(14(18)19-4-2)9-8-12(11-15)20-13-7-5-6-10-16-13/h5-7,10,12,17H,3-4,8-9,11H2,1-2H3. The number of hydrogen-bond acceptors (Lipinski definition) is 5. The van der Waals surface area contributed by atoms with Crippen molar-refractivity contribution < 1.29 is 9.53 Å². The second kappa shape index (κ2) is 7.09. The Morgan fingerprint density at radius 1 is 1.55 bits per heavy atom. The van der Waals surface area contributed by atoms with E-state index in [0.29, 0.717) is 11.9 Å². The van der Waals surface area contributed by atoms with Crippen molar-refractivity contribution in [3.8, 4) is 0 Å². The topological polar surface area (TPSA) is 51.2 Å². The van der Waals surface area contributed by atoms with Crippen molar-refractivity contribution in [3.63, 3.8) is 0 Å². The van der Waals surface area contributed by atoms with Crippen LogP contribution in [0.3, 0.4) is 0 Å². The Hall–Kier alpha value is -1.07. The maximum absolute atomic E-state index is 12.2. The number of likely N-dealkylation sites (N-methyl/N-ethyl adjacent to an activating group) is 1. The van der Waals surface area contributed by atoms with E-state index in [1.54, 1.807) is 18.0 Å². The van der Waals surface area contributed by atoms with E-state index in [4.69, 9.17) is 4.74 Å². The van der Waals surface area contributed by atoms with Crippen LogP contribution >= 0.6 is 11.8 Å².